The van der Waals surface area contributed by atoms with E-state index in [-0.39, 0.29) is 24.3 Å². The van der Waals surface area contributed by atoms with Crippen LogP contribution in [0.4, 0.5) is 18.9 Å². The van der Waals surface area contributed by atoms with Crippen molar-refractivity contribution in [1.29, 1.82) is 0 Å². The zero-order valence-electron chi connectivity index (χ0n) is 23.3. The van der Waals surface area contributed by atoms with Crippen LogP contribution < -0.4 is 19.5 Å². The molecule has 0 bridgehead atoms. The molecule has 0 aliphatic rings. The number of halogens is 3. The van der Waals surface area contributed by atoms with Crippen LogP contribution in [0.15, 0.2) is 97.1 Å². The number of ether oxygens (including phenoxy) is 3. The van der Waals surface area contributed by atoms with Gasteiger partial charge in [0.1, 0.15) is 11.5 Å². The number of nitrogens with zero attached hydrogens (tertiary/aromatic N) is 3. The van der Waals surface area contributed by atoms with Gasteiger partial charge in [-0.15, -0.1) is 5.10 Å². The Morgan fingerprint density at radius 2 is 1.58 bits per heavy atom. The minimum absolute atomic E-state index is 0.0502. The van der Waals surface area contributed by atoms with Crippen LogP contribution >= 0.6 is 0 Å². The molecule has 0 aliphatic heterocycles. The number of hydrogen-bond acceptors (Lipinski definition) is 6. The van der Waals surface area contributed by atoms with E-state index in [0.717, 1.165) is 23.4 Å². The fourth-order valence-corrected chi connectivity index (χ4v) is 4.26. The number of methoxy groups -OCH3 is 2. The summed E-state index contributed by atoms with van der Waals surface area (Å²) < 4.78 is 57.3. The van der Waals surface area contributed by atoms with Crippen LogP contribution in [0.2, 0.25) is 0 Å². The molecule has 43 heavy (non-hydrogen) atoms. The molecule has 0 atom stereocenters. The fraction of sp³-hybridized carbons (Fsp3) is 0.156. The molecule has 8 nitrogen and oxygen atoms in total. The third-order valence-corrected chi connectivity index (χ3v) is 6.52. The van der Waals surface area contributed by atoms with Crippen LogP contribution in [0.1, 0.15) is 21.5 Å². The first-order valence-electron chi connectivity index (χ1n) is 13.2. The molecule has 1 heterocycles. The summed E-state index contributed by atoms with van der Waals surface area (Å²) in [7, 11) is 3.11. The molecule has 0 aliphatic carbocycles. The quantitative estimate of drug-likeness (QED) is 0.192. The number of nitrogens with one attached hydrogen (secondary N) is 1. The molecule has 0 saturated carbocycles. The van der Waals surface area contributed by atoms with E-state index in [1.807, 2.05) is 24.3 Å². The Hall–Kier alpha value is -5.32. The molecule has 5 aromatic rings. The minimum atomic E-state index is -4.47. The van der Waals surface area contributed by atoms with Gasteiger partial charge in [0.15, 0.2) is 5.82 Å². The molecule has 0 fully saturated rings. The predicted octanol–water partition coefficient (Wildman–Crippen LogP) is 6.84. The third-order valence-electron chi connectivity index (χ3n) is 6.52. The molecule has 220 valence electrons. The van der Waals surface area contributed by atoms with E-state index in [9.17, 15) is 18.0 Å². The number of benzene rings is 4. The molecule has 1 N–H and O–H groups in total. The molecule has 0 saturated heterocycles. The topological polar surface area (TPSA) is 87.5 Å². The molecular formula is C32H27F3N4O4. The highest BCUT2D eigenvalue weighted by Crippen LogP contribution is 2.32. The van der Waals surface area contributed by atoms with Crippen LogP contribution in [0.25, 0.3) is 17.1 Å². The van der Waals surface area contributed by atoms with Gasteiger partial charge >= 0.3 is 12.2 Å². The van der Waals surface area contributed by atoms with Crippen LogP contribution in [0.5, 0.6) is 17.5 Å². The lowest BCUT2D eigenvalue weighted by molar-refractivity contribution is -0.137. The number of alkyl halides is 3. The highest BCUT2D eigenvalue weighted by molar-refractivity contribution is 6.04. The van der Waals surface area contributed by atoms with Crippen molar-refractivity contribution in [3.05, 3.63) is 114 Å². The second-order valence-corrected chi connectivity index (χ2v) is 9.39. The molecule has 0 spiro atoms. The lowest BCUT2D eigenvalue weighted by Gasteiger charge is -2.11. The molecule has 0 unspecified atom stereocenters. The summed E-state index contributed by atoms with van der Waals surface area (Å²) in [5.41, 5.74) is 2.03. The summed E-state index contributed by atoms with van der Waals surface area (Å²) in [6.07, 6.45) is -3.91. The first kappa shape index (κ1) is 29.2. The van der Waals surface area contributed by atoms with Crippen molar-refractivity contribution in [3.8, 4) is 34.6 Å². The highest BCUT2D eigenvalue weighted by Gasteiger charge is 2.30. The van der Waals surface area contributed by atoms with Gasteiger partial charge in [0.05, 0.1) is 32.1 Å². The maximum Gasteiger partial charge on any atom is 0.416 e. The van der Waals surface area contributed by atoms with E-state index in [1.54, 1.807) is 55.6 Å². The minimum Gasteiger partial charge on any atom is -0.497 e. The molecule has 1 aromatic heterocycles. The Kier molecular flexibility index (Phi) is 8.61. The number of amides is 1. The van der Waals surface area contributed by atoms with Gasteiger partial charge < -0.3 is 19.5 Å². The van der Waals surface area contributed by atoms with Gasteiger partial charge in [-0.1, -0.05) is 36.4 Å². The number of anilines is 1. The molecule has 1 amide bonds. The van der Waals surface area contributed by atoms with Crippen LogP contribution in [0, 0.1) is 0 Å². The Balaban J connectivity index is 1.42. The molecular weight excluding hydrogens is 561 g/mol. The average molecular weight is 589 g/mol. The zero-order valence-corrected chi connectivity index (χ0v) is 23.3. The first-order valence-corrected chi connectivity index (χ1v) is 13.2. The van der Waals surface area contributed by atoms with Crippen molar-refractivity contribution in [1.82, 2.24) is 14.8 Å². The Labute approximate surface area is 245 Å². The number of rotatable bonds is 10. The maximum atomic E-state index is 13.2. The van der Waals surface area contributed by atoms with E-state index >= 15 is 0 Å². The van der Waals surface area contributed by atoms with Crippen LogP contribution in [-0.4, -0.2) is 41.5 Å². The van der Waals surface area contributed by atoms with E-state index in [2.05, 4.69) is 15.4 Å². The van der Waals surface area contributed by atoms with Gasteiger partial charge in [-0.2, -0.15) is 18.2 Å². The average Bonchev–Trinajstić information content (AvgIpc) is 3.45. The first-order chi connectivity index (χ1) is 20.7. The van der Waals surface area contributed by atoms with Gasteiger partial charge in [-0.25, -0.2) is 4.68 Å². The van der Waals surface area contributed by atoms with E-state index in [1.165, 1.54) is 23.9 Å². The summed E-state index contributed by atoms with van der Waals surface area (Å²) in [5.74, 6) is 1.21. The fourth-order valence-electron chi connectivity index (χ4n) is 4.26. The van der Waals surface area contributed by atoms with Gasteiger partial charge in [0, 0.05) is 23.2 Å². The van der Waals surface area contributed by atoms with Gasteiger partial charge in [-0.3, -0.25) is 4.79 Å². The van der Waals surface area contributed by atoms with Crippen LogP contribution in [0.3, 0.4) is 0 Å². The zero-order chi connectivity index (χ0) is 30.4. The largest absolute Gasteiger partial charge is 0.497 e. The molecule has 4 aromatic carbocycles. The van der Waals surface area contributed by atoms with Crippen molar-refractivity contribution in [2.45, 2.75) is 12.6 Å². The summed E-state index contributed by atoms with van der Waals surface area (Å²) in [6.45, 7) is 0.263. The molecule has 5 rings (SSSR count). The summed E-state index contributed by atoms with van der Waals surface area (Å²) >= 11 is 0. The summed E-state index contributed by atoms with van der Waals surface area (Å²) in [4.78, 5) is 17.4. The third kappa shape index (κ3) is 7.13. The van der Waals surface area contributed by atoms with Crippen LogP contribution in [-0.2, 0) is 12.6 Å². The lowest BCUT2D eigenvalue weighted by atomic mass is 10.1. The second kappa shape index (κ2) is 12.7. The molecule has 11 heteroatoms. The lowest BCUT2D eigenvalue weighted by Crippen LogP contribution is -2.12. The van der Waals surface area contributed by atoms with E-state index in [0.29, 0.717) is 34.7 Å². The van der Waals surface area contributed by atoms with Gasteiger partial charge in [-0.05, 0) is 66.2 Å². The normalized spacial score (nSPS) is 11.2. The van der Waals surface area contributed by atoms with Crippen molar-refractivity contribution in [2.75, 3.05) is 26.1 Å². The van der Waals surface area contributed by atoms with Crippen molar-refractivity contribution in [2.24, 2.45) is 0 Å². The second-order valence-electron chi connectivity index (χ2n) is 9.39. The Morgan fingerprint density at radius 1 is 0.860 bits per heavy atom. The monoisotopic (exact) mass is 588 g/mol. The standard InChI is InChI=1S/C32H27F3N4O4/c1-41-27-15-9-21(10-16-27)17-18-43-31-37-29(22-11-13-24(14-12-22)32(33,34)35)39(38-31)26-7-4-6-25(20-26)36-30(40)23-5-3-8-28(19-23)42-2/h3-16,19-20H,17-18H2,1-2H3,(H,36,40). The summed E-state index contributed by atoms with van der Waals surface area (Å²) in [6, 6.07) is 25.8. The number of carbonyl (C=O) groups is 1. The summed E-state index contributed by atoms with van der Waals surface area (Å²) in [5, 5.41) is 7.35. The predicted molar refractivity (Wildman–Crippen MR) is 155 cm³/mol. The number of aromatic nitrogens is 3. The van der Waals surface area contributed by atoms with E-state index < -0.39 is 11.7 Å². The maximum absolute atomic E-state index is 13.2. The Morgan fingerprint density at radius 3 is 2.28 bits per heavy atom. The van der Waals surface area contributed by atoms with Crippen molar-refractivity contribution in [3.63, 3.8) is 0 Å². The number of hydrogen-bond donors (Lipinski definition) is 1. The highest BCUT2D eigenvalue weighted by atomic mass is 19.4. The van der Waals surface area contributed by atoms with Gasteiger partial charge in [0.2, 0.25) is 0 Å². The van der Waals surface area contributed by atoms with E-state index in [4.69, 9.17) is 14.2 Å². The SMILES string of the molecule is COc1ccc(CCOc2nc(-c3ccc(C(F)(F)F)cc3)n(-c3cccc(NC(=O)c4cccc(OC)c4)c3)n2)cc1. The smallest absolute Gasteiger partial charge is 0.416 e. The van der Waals surface area contributed by atoms with Gasteiger partial charge in [0.25, 0.3) is 5.91 Å². The Bertz CT molecular complexity index is 1700. The van der Waals surface area contributed by atoms with Crippen molar-refractivity contribution >= 4 is 11.6 Å². The molecule has 0 radical (unpaired) electrons. The van der Waals surface area contributed by atoms with Crippen molar-refractivity contribution < 1.29 is 32.2 Å². The number of carbonyl (C=O) groups excluding carboxylic acids is 1.